The Kier molecular flexibility index (Phi) is 6.39. The van der Waals surface area contributed by atoms with Gasteiger partial charge in [0.1, 0.15) is 5.76 Å². The molecule has 1 aliphatic carbocycles. The number of carbonyl (C=O) groups is 1. The van der Waals surface area contributed by atoms with Gasteiger partial charge in [0.25, 0.3) is 0 Å². The molecular formula is C16H27N3O3. The Bertz CT molecular complexity index is 475. The van der Waals surface area contributed by atoms with E-state index < -0.39 is 0 Å². The van der Waals surface area contributed by atoms with Crippen LogP contribution in [0.25, 0.3) is 0 Å². The molecule has 0 aliphatic heterocycles. The van der Waals surface area contributed by atoms with Gasteiger partial charge in [0.05, 0.1) is 19.3 Å². The minimum atomic E-state index is -0.0955. The van der Waals surface area contributed by atoms with Crippen molar-refractivity contribution in [3.05, 3.63) is 11.8 Å². The van der Waals surface area contributed by atoms with Crippen molar-refractivity contribution in [3.8, 4) is 0 Å². The fraction of sp³-hybridized carbons (Fsp3) is 0.750. The van der Waals surface area contributed by atoms with Crippen LogP contribution in [0.1, 0.15) is 38.4 Å². The van der Waals surface area contributed by atoms with E-state index in [0.717, 1.165) is 13.0 Å². The number of rotatable bonds is 7. The summed E-state index contributed by atoms with van der Waals surface area (Å²) in [6.07, 6.45) is 5.40. The van der Waals surface area contributed by atoms with Crippen LogP contribution in [0.3, 0.4) is 0 Å². The lowest BCUT2D eigenvalue weighted by Gasteiger charge is -2.29. The fourth-order valence-corrected chi connectivity index (χ4v) is 2.82. The zero-order valence-electron chi connectivity index (χ0n) is 13.8. The van der Waals surface area contributed by atoms with Crippen molar-refractivity contribution in [3.63, 3.8) is 0 Å². The molecular weight excluding hydrogens is 282 g/mol. The number of hydrogen-bond acceptors (Lipinski definition) is 5. The number of nitrogens with zero attached hydrogens (tertiary/aromatic N) is 2. The molecule has 1 aliphatic rings. The SMILES string of the molecule is Cc1cc(NC(=O)CN(C)CCO[C@H]2CCCC[C@H]2C)no1. The minimum Gasteiger partial charge on any atom is -0.377 e. The Morgan fingerprint density at radius 2 is 2.27 bits per heavy atom. The summed E-state index contributed by atoms with van der Waals surface area (Å²) < 4.78 is 10.9. The van der Waals surface area contributed by atoms with E-state index in [1.807, 2.05) is 11.9 Å². The molecule has 0 bridgehead atoms. The monoisotopic (exact) mass is 309 g/mol. The first kappa shape index (κ1) is 17.0. The molecule has 6 heteroatoms. The largest absolute Gasteiger partial charge is 0.377 e. The van der Waals surface area contributed by atoms with Crippen LogP contribution >= 0.6 is 0 Å². The number of carbonyl (C=O) groups excluding carboxylic acids is 1. The van der Waals surface area contributed by atoms with Crippen LogP contribution in [0.5, 0.6) is 0 Å². The zero-order chi connectivity index (χ0) is 15.9. The molecule has 2 rings (SSSR count). The summed E-state index contributed by atoms with van der Waals surface area (Å²) in [6, 6.07) is 1.70. The Balaban J connectivity index is 1.62. The van der Waals surface area contributed by atoms with Crippen molar-refractivity contribution in [2.24, 2.45) is 5.92 Å². The molecule has 0 saturated heterocycles. The highest BCUT2D eigenvalue weighted by Gasteiger charge is 2.21. The van der Waals surface area contributed by atoms with Crippen LogP contribution in [-0.4, -0.2) is 48.8 Å². The van der Waals surface area contributed by atoms with Gasteiger partial charge >= 0.3 is 0 Å². The van der Waals surface area contributed by atoms with Crippen LogP contribution in [0.4, 0.5) is 5.82 Å². The highest BCUT2D eigenvalue weighted by Crippen LogP contribution is 2.26. The molecule has 1 aromatic rings. The van der Waals surface area contributed by atoms with Gasteiger partial charge in [0.15, 0.2) is 5.82 Å². The normalized spacial score (nSPS) is 22.0. The van der Waals surface area contributed by atoms with Gasteiger partial charge in [-0.25, -0.2) is 0 Å². The molecule has 0 unspecified atom stereocenters. The van der Waals surface area contributed by atoms with Gasteiger partial charge in [0, 0.05) is 12.6 Å². The first-order valence-electron chi connectivity index (χ1n) is 8.08. The van der Waals surface area contributed by atoms with E-state index in [1.165, 1.54) is 19.3 Å². The topological polar surface area (TPSA) is 67.6 Å². The molecule has 22 heavy (non-hydrogen) atoms. The van der Waals surface area contributed by atoms with E-state index in [4.69, 9.17) is 9.26 Å². The molecule has 1 heterocycles. The number of likely N-dealkylation sites (N-methyl/N-ethyl adjacent to an activating group) is 1. The molecule has 1 aromatic heterocycles. The van der Waals surface area contributed by atoms with E-state index >= 15 is 0 Å². The molecule has 0 aromatic carbocycles. The average molecular weight is 309 g/mol. The smallest absolute Gasteiger partial charge is 0.239 e. The fourth-order valence-electron chi connectivity index (χ4n) is 2.82. The highest BCUT2D eigenvalue weighted by atomic mass is 16.5. The van der Waals surface area contributed by atoms with Gasteiger partial charge in [-0.2, -0.15) is 0 Å². The number of hydrogen-bond donors (Lipinski definition) is 1. The molecule has 1 fully saturated rings. The number of aryl methyl sites for hydroxylation is 1. The summed E-state index contributed by atoms with van der Waals surface area (Å²) in [5.41, 5.74) is 0. The van der Waals surface area contributed by atoms with Crippen molar-refractivity contribution in [1.82, 2.24) is 10.1 Å². The van der Waals surface area contributed by atoms with Crippen LogP contribution in [0.15, 0.2) is 10.6 Å². The predicted octanol–water partition coefficient (Wildman–Crippen LogP) is 2.45. The van der Waals surface area contributed by atoms with Gasteiger partial charge in [-0.1, -0.05) is 24.9 Å². The molecule has 0 radical (unpaired) electrons. The van der Waals surface area contributed by atoms with Crippen LogP contribution in [0, 0.1) is 12.8 Å². The molecule has 1 saturated carbocycles. The summed E-state index contributed by atoms with van der Waals surface area (Å²) in [7, 11) is 1.92. The van der Waals surface area contributed by atoms with Gasteiger partial charge in [0.2, 0.25) is 5.91 Å². The number of anilines is 1. The number of aromatic nitrogens is 1. The predicted molar refractivity (Wildman–Crippen MR) is 84.7 cm³/mol. The lowest BCUT2D eigenvalue weighted by atomic mass is 9.88. The lowest BCUT2D eigenvalue weighted by molar-refractivity contribution is -0.117. The van der Waals surface area contributed by atoms with E-state index in [0.29, 0.717) is 36.8 Å². The third kappa shape index (κ3) is 5.42. The number of amides is 1. The Hall–Kier alpha value is -1.40. The van der Waals surface area contributed by atoms with Crippen molar-refractivity contribution >= 4 is 11.7 Å². The standard InChI is InChI=1S/C16H27N3O3/c1-12-6-4-5-7-14(12)21-9-8-19(3)11-16(20)17-15-10-13(2)22-18-15/h10,12,14H,4-9,11H2,1-3H3,(H,17,18,20)/t12-,14+/m1/s1. The van der Waals surface area contributed by atoms with Crippen molar-refractivity contribution in [2.45, 2.75) is 45.6 Å². The molecule has 6 nitrogen and oxygen atoms in total. The van der Waals surface area contributed by atoms with Crippen LogP contribution in [-0.2, 0) is 9.53 Å². The summed E-state index contributed by atoms with van der Waals surface area (Å²) in [5.74, 6) is 1.70. The van der Waals surface area contributed by atoms with Crippen molar-refractivity contribution in [1.29, 1.82) is 0 Å². The van der Waals surface area contributed by atoms with E-state index in [-0.39, 0.29) is 5.91 Å². The Labute approximate surface area is 132 Å². The molecule has 1 N–H and O–H groups in total. The van der Waals surface area contributed by atoms with Gasteiger partial charge in [-0.3, -0.25) is 9.69 Å². The van der Waals surface area contributed by atoms with Crippen molar-refractivity contribution < 1.29 is 14.1 Å². The van der Waals surface area contributed by atoms with Crippen molar-refractivity contribution in [2.75, 3.05) is 32.1 Å². The number of nitrogens with one attached hydrogen (secondary N) is 1. The van der Waals surface area contributed by atoms with Crippen LogP contribution < -0.4 is 5.32 Å². The highest BCUT2D eigenvalue weighted by molar-refractivity contribution is 5.91. The van der Waals surface area contributed by atoms with Gasteiger partial charge in [-0.15, -0.1) is 0 Å². The second-order valence-electron chi connectivity index (χ2n) is 6.28. The second-order valence-corrected chi connectivity index (χ2v) is 6.28. The Morgan fingerprint density at radius 1 is 1.50 bits per heavy atom. The molecule has 2 atom stereocenters. The second kappa shape index (κ2) is 8.29. The molecule has 0 spiro atoms. The molecule has 1 amide bonds. The maximum absolute atomic E-state index is 11.9. The lowest BCUT2D eigenvalue weighted by Crippen LogP contribution is -2.34. The Morgan fingerprint density at radius 3 is 2.95 bits per heavy atom. The summed E-state index contributed by atoms with van der Waals surface area (Å²) >= 11 is 0. The summed E-state index contributed by atoms with van der Waals surface area (Å²) in [6.45, 7) is 5.78. The maximum atomic E-state index is 11.9. The zero-order valence-corrected chi connectivity index (χ0v) is 13.8. The average Bonchev–Trinajstić information content (AvgIpc) is 2.86. The van der Waals surface area contributed by atoms with E-state index in [9.17, 15) is 4.79 Å². The first-order valence-corrected chi connectivity index (χ1v) is 8.08. The maximum Gasteiger partial charge on any atom is 0.239 e. The number of ether oxygens (including phenoxy) is 1. The van der Waals surface area contributed by atoms with Gasteiger partial charge < -0.3 is 14.6 Å². The first-order chi connectivity index (χ1) is 10.5. The summed E-state index contributed by atoms with van der Waals surface area (Å²) in [5, 5.41) is 6.46. The van der Waals surface area contributed by atoms with Crippen LogP contribution in [0.2, 0.25) is 0 Å². The molecule has 124 valence electrons. The van der Waals surface area contributed by atoms with E-state index in [1.54, 1.807) is 13.0 Å². The van der Waals surface area contributed by atoms with E-state index in [2.05, 4.69) is 17.4 Å². The van der Waals surface area contributed by atoms with Gasteiger partial charge in [-0.05, 0) is 32.7 Å². The summed E-state index contributed by atoms with van der Waals surface area (Å²) in [4.78, 5) is 13.8. The third-order valence-electron chi connectivity index (χ3n) is 4.15. The minimum absolute atomic E-state index is 0.0955. The quantitative estimate of drug-likeness (QED) is 0.838. The third-order valence-corrected chi connectivity index (χ3v) is 4.15.